The van der Waals surface area contributed by atoms with E-state index in [-0.39, 0.29) is 17.1 Å². The number of halogens is 2. The van der Waals surface area contributed by atoms with Gasteiger partial charge >= 0.3 is 0 Å². The van der Waals surface area contributed by atoms with Gasteiger partial charge in [0.25, 0.3) is 0 Å². The predicted octanol–water partition coefficient (Wildman–Crippen LogP) is 5.27. The van der Waals surface area contributed by atoms with Crippen LogP contribution in [0, 0.1) is 5.82 Å². The third kappa shape index (κ3) is 5.14. The van der Waals surface area contributed by atoms with Gasteiger partial charge in [0.1, 0.15) is 5.75 Å². The van der Waals surface area contributed by atoms with E-state index in [1.54, 1.807) is 12.1 Å². The van der Waals surface area contributed by atoms with Crippen LogP contribution >= 0.6 is 15.9 Å². The van der Waals surface area contributed by atoms with Crippen LogP contribution in [0.15, 0.2) is 46.9 Å². The van der Waals surface area contributed by atoms with E-state index >= 15 is 0 Å². The Balaban J connectivity index is 2.02. The van der Waals surface area contributed by atoms with Crippen molar-refractivity contribution in [3.05, 3.63) is 58.3 Å². The van der Waals surface area contributed by atoms with E-state index in [4.69, 9.17) is 4.74 Å². The summed E-state index contributed by atoms with van der Waals surface area (Å²) < 4.78 is 19.9. The van der Waals surface area contributed by atoms with Crippen molar-refractivity contribution in [2.75, 3.05) is 0 Å². The molecule has 21 heavy (non-hydrogen) atoms. The van der Waals surface area contributed by atoms with Crippen molar-refractivity contribution in [1.29, 1.82) is 0 Å². The van der Waals surface area contributed by atoms with Crippen LogP contribution in [0.5, 0.6) is 11.5 Å². The van der Waals surface area contributed by atoms with Crippen molar-refractivity contribution in [3.63, 3.8) is 0 Å². The van der Waals surface area contributed by atoms with Gasteiger partial charge in [0.05, 0.1) is 0 Å². The molecule has 0 fully saturated rings. The van der Waals surface area contributed by atoms with Gasteiger partial charge in [-0.05, 0) is 56.7 Å². The summed E-state index contributed by atoms with van der Waals surface area (Å²) in [6, 6.07) is 12.4. The molecule has 0 radical (unpaired) electrons. The predicted molar refractivity (Wildman–Crippen MR) is 87.2 cm³/mol. The monoisotopic (exact) mass is 351 g/mol. The lowest BCUT2D eigenvalue weighted by molar-refractivity contribution is 0.423. The Morgan fingerprint density at radius 1 is 1.10 bits per heavy atom. The highest BCUT2D eigenvalue weighted by Crippen LogP contribution is 2.27. The second-order valence-electron chi connectivity index (χ2n) is 5.92. The summed E-state index contributed by atoms with van der Waals surface area (Å²) >= 11 is 3.22. The van der Waals surface area contributed by atoms with Crippen LogP contribution in [0.1, 0.15) is 26.3 Å². The highest BCUT2D eigenvalue weighted by Gasteiger charge is 2.09. The second kappa shape index (κ2) is 6.58. The maximum atomic E-state index is 13.7. The minimum atomic E-state index is -0.386. The molecule has 4 heteroatoms. The molecular weight excluding hydrogens is 333 g/mol. The Bertz CT molecular complexity index is 605. The first-order valence-electron chi connectivity index (χ1n) is 6.80. The van der Waals surface area contributed by atoms with Gasteiger partial charge in [0, 0.05) is 16.6 Å². The van der Waals surface area contributed by atoms with Crippen LogP contribution in [0.25, 0.3) is 0 Å². The molecule has 0 aromatic heterocycles. The molecule has 2 nitrogen and oxygen atoms in total. The molecule has 0 saturated heterocycles. The third-order valence-corrected chi connectivity index (χ3v) is 3.36. The van der Waals surface area contributed by atoms with E-state index in [2.05, 4.69) is 42.0 Å². The van der Waals surface area contributed by atoms with E-state index in [0.29, 0.717) is 10.2 Å². The summed E-state index contributed by atoms with van der Waals surface area (Å²) in [6.07, 6.45) is 0. The summed E-state index contributed by atoms with van der Waals surface area (Å²) in [6.45, 7) is 7.17. The molecule has 0 aliphatic carbocycles. The number of hydrogen-bond donors (Lipinski definition) is 1. The maximum absolute atomic E-state index is 13.7. The lowest BCUT2D eigenvalue weighted by Crippen LogP contribution is -2.34. The number of hydrogen-bond acceptors (Lipinski definition) is 2. The molecule has 0 heterocycles. The van der Waals surface area contributed by atoms with Crippen LogP contribution in [-0.4, -0.2) is 5.54 Å². The Hall–Kier alpha value is -1.39. The fourth-order valence-corrected chi connectivity index (χ4v) is 2.06. The quantitative estimate of drug-likeness (QED) is 0.810. The molecule has 1 N–H and O–H groups in total. The highest BCUT2D eigenvalue weighted by molar-refractivity contribution is 9.10. The average Bonchev–Trinajstić information content (AvgIpc) is 2.40. The van der Waals surface area contributed by atoms with Crippen LogP contribution in [0.3, 0.4) is 0 Å². The molecule has 0 spiro atoms. The molecule has 2 rings (SSSR count). The van der Waals surface area contributed by atoms with Gasteiger partial charge in [0.15, 0.2) is 11.6 Å². The standard InChI is InChI=1S/C17H19BrFNO/c1-17(2,3)20-11-12-4-7-14(8-5-12)21-16-9-6-13(18)10-15(16)19/h4-10,20H,11H2,1-3H3. The van der Waals surface area contributed by atoms with Gasteiger partial charge in [-0.2, -0.15) is 0 Å². The zero-order valence-corrected chi connectivity index (χ0v) is 14.0. The first-order valence-corrected chi connectivity index (χ1v) is 7.60. The summed E-state index contributed by atoms with van der Waals surface area (Å²) in [7, 11) is 0. The highest BCUT2D eigenvalue weighted by atomic mass is 79.9. The van der Waals surface area contributed by atoms with Gasteiger partial charge in [-0.1, -0.05) is 28.1 Å². The van der Waals surface area contributed by atoms with Crippen molar-refractivity contribution in [1.82, 2.24) is 5.32 Å². The van der Waals surface area contributed by atoms with Crippen molar-refractivity contribution in [2.45, 2.75) is 32.9 Å². The summed E-state index contributed by atoms with van der Waals surface area (Å²) in [5, 5.41) is 3.42. The lowest BCUT2D eigenvalue weighted by atomic mass is 10.1. The fraction of sp³-hybridized carbons (Fsp3) is 0.294. The molecule has 0 saturated carbocycles. The lowest BCUT2D eigenvalue weighted by Gasteiger charge is -2.20. The molecule has 0 amide bonds. The molecule has 0 bridgehead atoms. The minimum absolute atomic E-state index is 0.0791. The van der Waals surface area contributed by atoms with Crippen molar-refractivity contribution in [3.8, 4) is 11.5 Å². The average molecular weight is 352 g/mol. The van der Waals surface area contributed by atoms with Crippen molar-refractivity contribution < 1.29 is 9.13 Å². The molecule has 2 aromatic rings. The van der Waals surface area contributed by atoms with Crippen LogP contribution in [0.2, 0.25) is 0 Å². The maximum Gasteiger partial charge on any atom is 0.166 e. The zero-order valence-electron chi connectivity index (χ0n) is 12.4. The molecular formula is C17H19BrFNO. The summed E-state index contributed by atoms with van der Waals surface area (Å²) in [4.78, 5) is 0. The molecule has 0 atom stereocenters. The van der Waals surface area contributed by atoms with E-state index in [0.717, 1.165) is 12.1 Å². The van der Waals surface area contributed by atoms with Crippen LogP contribution < -0.4 is 10.1 Å². The summed E-state index contributed by atoms with van der Waals surface area (Å²) in [5.74, 6) is 0.456. The van der Waals surface area contributed by atoms with Crippen LogP contribution in [-0.2, 0) is 6.54 Å². The number of ether oxygens (including phenoxy) is 1. The smallest absolute Gasteiger partial charge is 0.166 e. The second-order valence-corrected chi connectivity index (χ2v) is 6.84. The normalized spacial score (nSPS) is 11.5. The minimum Gasteiger partial charge on any atom is -0.454 e. The number of rotatable bonds is 4. The summed E-state index contributed by atoms with van der Waals surface area (Å²) in [5.41, 5.74) is 1.24. The Morgan fingerprint density at radius 3 is 2.33 bits per heavy atom. The SMILES string of the molecule is CC(C)(C)NCc1ccc(Oc2ccc(Br)cc2F)cc1. The van der Waals surface area contributed by atoms with E-state index in [9.17, 15) is 4.39 Å². The van der Waals surface area contributed by atoms with Gasteiger partial charge in [-0.3, -0.25) is 0 Å². The third-order valence-electron chi connectivity index (χ3n) is 2.87. The largest absolute Gasteiger partial charge is 0.454 e. The van der Waals surface area contributed by atoms with Gasteiger partial charge in [-0.25, -0.2) is 4.39 Å². The van der Waals surface area contributed by atoms with E-state index in [1.165, 1.54) is 6.07 Å². The molecule has 0 aliphatic rings. The van der Waals surface area contributed by atoms with Gasteiger partial charge < -0.3 is 10.1 Å². The molecule has 0 unspecified atom stereocenters. The Kier molecular flexibility index (Phi) is 5.01. The van der Waals surface area contributed by atoms with Gasteiger partial charge in [0.2, 0.25) is 0 Å². The molecule has 0 aliphatic heterocycles. The Morgan fingerprint density at radius 2 is 1.76 bits per heavy atom. The first-order chi connectivity index (χ1) is 9.83. The van der Waals surface area contributed by atoms with Crippen LogP contribution in [0.4, 0.5) is 4.39 Å². The molecule has 112 valence electrons. The van der Waals surface area contributed by atoms with Crippen molar-refractivity contribution in [2.24, 2.45) is 0 Å². The first kappa shape index (κ1) is 16.0. The van der Waals surface area contributed by atoms with E-state index in [1.807, 2.05) is 24.3 Å². The topological polar surface area (TPSA) is 21.3 Å². The zero-order chi connectivity index (χ0) is 15.5. The number of nitrogens with one attached hydrogen (secondary N) is 1. The van der Waals surface area contributed by atoms with Crippen molar-refractivity contribution >= 4 is 15.9 Å². The Labute approximate surface area is 133 Å². The fourth-order valence-electron chi connectivity index (χ4n) is 1.73. The van der Waals surface area contributed by atoms with Gasteiger partial charge in [-0.15, -0.1) is 0 Å². The van der Waals surface area contributed by atoms with E-state index < -0.39 is 0 Å². The molecule has 2 aromatic carbocycles. The number of benzene rings is 2.